The highest BCUT2D eigenvalue weighted by Crippen LogP contribution is 2.26. The Hall–Kier alpha value is -3.72. The third-order valence-electron chi connectivity index (χ3n) is 3.93. The number of carbonyl (C=O) groups is 2. The van der Waals surface area contributed by atoms with Crippen LogP contribution in [0, 0.1) is 0 Å². The van der Waals surface area contributed by atoms with Crippen LogP contribution in [0.3, 0.4) is 0 Å². The van der Waals surface area contributed by atoms with Crippen LogP contribution in [-0.2, 0) is 4.74 Å². The Bertz CT molecular complexity index is 1100. The summed E-state index contributed by atoms with van der Waals surface area (Å²) in [5.41, 5.74) is 0.847. The second-order valence-corrected chi connectivity index (χ2v) is 6.93. The maximum atomic E-state index is 12.4. The molecule has 146 valence electrons. The van der Waals surface area contributed by atoms with Crippen LogP contribution >= 0.6 is 11.3 Å². The van der Waals surface area contributed by atoms with Crippen LogP contribution < -0.4 is 5.32 Å². The number of benzene rings is 1. The number of hydrogen-bond acceptors (Lipinski definition) is 8. The van der Waals surface area contributed by atoms with Crippen LogP contribution in [0.4, 0.5) is 5.69 Å². The molecule has 1 amide bonds. The zero-order valence-electron chi connectivity index (χ0n) is 15.2. The molecular weight excluding hydrogens is 394 g/mol. The second kappa shape index (κ2) is 8.11. The maximum absolute atomic E-state index is 12.4. The number of aromatic nitrogens is 2. The van der Waals surface area contributed by atoms with Gasteiger partial charge in [-0.05, 0) is 54.8 Å². The molecule has 3 aromatic heterocycles. The van der Waals surface area contributed by atoms with Gasteiger partial charge in [-0.1, -0.05) is 6.07 Å². The van der Waals surface area contributed by atoms with Crippen LogP contribution in [0.15, 0.2) is 69.0 Å². The van der Waals surface area contributed by atoms with Gasteiger partial charge in [0.15, 0.2) is 11.9 Å². The molecular formula is C20H15N3O5S. The average Bonchev–Trinajstić information content (AvgIpc) is 3.50. The highest BCUT2D eigenvalue weighted by Gasteiger charge is 2.20. The highest BCUT2D eigenvalue weighted by atomic mass is 32.1. The first kappa shape index (κ1) is 18.6. The Morgan fingerprint density at radius 2 is 1.93 bits per heavy atom. The molecule has 0 aliphatic heterocycles. The molecule has 1 atom stereocenters. The van der Waals surface area contributed by atoms with E-state index in [1.807, 2.05) is 17.5 Å². The Morgan fingerprint density at radius 3 is 2.62 bits per heavy atom. The van der Waals surface area contributed by atoms with E-state index in [0.29, 0.717) is 17.1 Å². The number of hydrogen-bond donors (Lipinski definition) is 1. The highest BCUT2D eigenvalue weighted by molar-refractivity contribution is 7.13. The minimum atomic E-state index is -0.706. The fraction of sp³-hybridized carbons (Fsp3) is 0.100. The third kappa shape index (κ3) is 4.25. The van der Waals surface area contributed by atoms with Gasteiger partial charge in [-0.25, -0.2) is 4.79 Å². The van der Waals surface area contributed by atoms with Crippen molar-refractivity contribution in [1.29, 1.82) is 0 Å². The summed E-state index contributed by atoms with van der Waals surface area (Å²) in [5.74, 6) is -0.128. The van der Waals surface area contributed by atoms with E-state index >= 15 is 0 Å². The van der Waals surface area contributed by atoms with E-state index < -0.39 is 12.1 Å². The zero-order chi connectivity index (χ0) is 20.2. The third-order valence-corrected chi connectivity index (χ3v) is 4.79. The molecule has 9 heteroatoms. The number of thiophene rings is 1. The van der Waals surface area contributed by atoms with Crippen molar-refractivity contribution < 1.29 is 23.2 Å². The largest absolute Gasteiger partial charge is 0.459 e. The van der Waals surface area contributed by atoms with E-state index in [-0.39, 0.29) is 17.6 Å². The number of amides is 1. The monoisotopic (exact) mass is 409 g/mol. The molecule has 4 aromatic rings. The number of anilines is 1. The van der Waals surface area contributed by atoms with Crippen LogP contribution in [-0.4, -0.2) is 22.1 Å². The maximum Gasteiger partial charge on any atom is 0.338 e. The Kier molecular flexibility index (Phi) is 5.21. The Balaban J connectivity index is 1.37. The molecule has 4 rings (SSSR count). The van der Waals surface area contributed by atoms with Crippen molar-refractivity contribution in [3.05, 3.63) is 77.4 Å². The summed E-state index contributed by atoms with van der Waals surface area (Å²) >= 11 is 1.48. The Morgan fingerprint density at radius 1 is 1.10 bits per heavy atom. The standard InChI is InChI=1S/C20H15N3O5S/c1-12(18-22-23-19(28-18)16-5-3-11-29-16)27-20(25)13-6-8-14(9-7-13)21-17(24)15-4-2-10-26-15/h2-12H,1H3,(H,21,24)/t12-/m1/s1. The van der Waals surface area contributed by atoms with Crippen molar-refractivity contribution in [2.24, 2.45) is 0 Å². The van der Waals surface area contributed by atoms with E-state index in [2.05, 4.69) is 15.5 Å². The van der Waals surface area contributed by atoms with Crippen molar-refractivity contribution >= 4 is 28.9 Å². The topological polar surface area (TPSA) is 107 Å². The van der Waals surface area contributed by atoms with Gasteiger partial charge in [0.25, 0.3) is 17.7 Å². The number of nitrogens with one attached hydrogen (secondary N) is 1. The summed E-state index contributed by atoms with van der Waals surface area (Å²) in [6, 6.07) is 13.2. The van der Waals surface area contributed by atoms with Crippen LogP contribution in [0.25, 0.3) is 10.8 Å². The molecule has 29 heavy (non-hydrogen) atoms. The predicted octanol–water partition coefficient (Wildman–Crippen LogP) is 4.56. The van der Waals surface area contributed by atoms with E-state index in [9.17, 15) is 9.59 Å². The lowest BCUT2D eigenvalue weighted by Gasteiger charge is -2.10. The Labute approximate surface area is 169 Å². The van der Waals surface area contributed by atoms with Gasteiger partial charge in [0.2, 0.25) is 0 Å². The molecule has 0 aliphatic rings. The van der Waals surface area contributed by atoms with Crippen LogP contribution in [0.1, 0.15) is 39.8 Å². The first-order valence-electron chi connectivity index (χ1n) is 8.63. The number of furan rings is 1. The van der Waals surface area contributed by atoms with Gasteiger partial charge in [-0.3, -0.25) is 4.79 Å². The van der Waals surface area contributed by atoms with Crippen LogP contribution in [0.5, 0.6) is 0 Å². The van der Waals surface area contributed by atoms with E-state index in [0.717, 1.165) is 4.88 Å². The van der Waals surface area contributed by atoms with Gasteiger partial charge in [0.05, 0.1) is 16.7 Å². The minimum Gasteiger partial charge on any atom is -0.459 e. The minimum absolute atomic E-state index is 0.198. The smallest absolute Gasteiger partial charge is 0.338 e. The molecule has 8 nitrogen and oxygen atoms in total. The molecule has 1 N–H and O–H groups in total. The lowest BCUT2D eigenvalue weighted by atomic mass is 10.2. The quantitative estimate of drug-likeness (QED) is 0.465. The van der Waals surface area contributed by atoms with E-state index in [1.54, 1.807) is 43.3 Å². The predicted molar refractivity (Wildman–Crippen MR) is 105 cm³/mol. The fourth-order valence-electron chi connectivity index (χ4n) is 2.47. The van der Waals surface area contributed by atoms with E-state index in [1.165, 1.54) is 17.6 Å². The normalized spacial score (nSPS) is 11.8. The van der Waals surface area contributed by atoms with Gasteiger partial charge in [0, 0.05) is 5.69 Å². The SMILES string of the molecule is C[C@@H](OC(=O)c1ccc(NC(=O)c2ccco2)cc1)c1nnc(-c2cccs2)o1. The summed E-state index contributed by atoms with van der Waals surface area (Å²) in [5, 5.41) is 12.5. The van der Waals surface area contributed by atoms with Crippen molar-refractivity contribution in [2.75, 3.05) is 5.32 Å². The molecule has 0 aliphatic carbocycles. The first-order chi connectivity index (χ1) is 14.1. The van der Waals surface area contributed by atoms with Gasteiger partial charge in [0.1, 0.15) is 0 Å². The van der Waals surface area contributed by atoms with Gasteiger partial charge in [-0.15, -0.1) is 21.5 Å². The zero-order valence-corrected chi connectivity index (χ0v) is 16.0. The van der Waals surface area contributed by atoms with Gasteiger partial charge < -0.3 is 18.9 Å². The fourth-order valence-corrected chi connectivity index (χ4v) is 3.11. The molecule has 3 heterocycles. The van der Waals surface area contributed by atoms with Crippen molar-refractivity contribution in [2.45, 2.75) is 13.0 Å². The number of esters is 1. The first-order valence-corrected chi connectivity index (χ1v) is 9.51. The van der Waals surface area contributed by atoms with Gasteiger partial charge in [-0.2, -0.15) is 0 Å². The molecule has 0 radical (unpaired) electrons. The number of carbonyl (C=O) groups excluding carboxylic acids is 2. The lowest BCUT2D eigenvalue weighted by molar-refractivity contribution is 0.0280. The van der Waals surface area contributed by atoms with Crippen molar-refractivity contribution in [3.63, 3.8) is 0 Å². The van der Waals surface area contributed by atoms with Gasteiger partial charge >= 0.3 is 5.97 Å². The summed E-state index contributed by atoms with van der Waals surface area (Å²) in [4.78, 5) is 25.2. The summed E-state index contributed by atoms with van der Waals surface area (Å²) in [6.45, 7) is 1.65. The molecule has 0 saturated heterocycles. The van der Waals surface area contributed by atoms with Crippen molar-refractivity contribution in [1.82, 2.24) is 10.2 Å². The van der Waals surface area contributed by atoms with Crippen LogP contribution in [0.2, 0.25) is 0 Å². The summed E-state index contributed by atoms with van der Waals surface area (Å²) < 4.78 is 16.0. The molecule has 0 saturated carbocycles. The van der Waals surface area contributed by atoms with E-state index in [4.69, 9.17) is 13.6 Å². The molecule has 1 aromatic carbocycles. The molecule has 0 spiro atoms. The number of rotatable bonds is 6. The number of ether oxygens (including phenoxy) is 1. The van der Waals surface area contributed by atoms with Crippen molar-refractivity contribution in [3.8, 4) is 10.8 Å². The summed E-state index contributed by atoms with van der Waals surface area (Å²) in [6.07, 6.45) is 0.712. The molecule has 0 fully saturated rings. The molecule has 0 unspecified atom stereocenters. The average molecular weight is 409 g/mol. The number of nitrogens with zero attached hydrogens (tertiary/aromatic N) is 2. The summed E-state index contributed by atoms with van der Waals surface area (Å²) in [7, 11) is 0. The second-order valence-electron chi connectivity index (χ2n) is 5.98. The lowest BCUT2D eigenvalue weighted by Crippen LogP contribution is -2.12. The molecule has 0 bridgehead atoms.